The summed E-state index contributed by atoms with van der Waals surface area (Å²) in [6, 6.07) is 7.76. The van der Waals surface area contributed by atoms with Gasteiger partial charge in [0.1, 0.15) is 0 Å². The van der Waals surface area contributed by atoms with Gasteiger partial charge >= 0.3 is 0 Å². The van der Waals surface area contributed by atoms with E-state index in [-0.39, 0.29) is 5.11 Å². The molecule has 5 nitrogen and oxygen atoms in total. The number of hydrogen-bond acceptors (Lipinski definition) is 4. The number of nitrogens with one attached hydrogen (secondary N) is 2. The zero-order valence-electron chi connectivity index (χ0n) is 7.77. The van der Waals surface area contributed by atoms with Gasteiger partial charge in [0.15, 0.2) is 10.9 Å². The van der Waals surface area contributed by atoms with Crippen LogP contribution < -0.4 is 16.6 Å². The molecule has 0 aliphatic carbocycles. The first kappa shape index (κ1) is 9.60. The summed E-state index contributed by atoms with van der Waals surface area (Å²) in [4.78, 5) is 0. The number of fused-ring (bicyclic) bond motifs is 1. The first-order valence-corrected chi connectivity index (χ1v) is 4.70. The lowest BCUT2D eigenvalue weighted by Gasteiger charge is -2.08. The van der Waals surface area contributed by atoms with E-state index in [1.807, 2.05) is 24.3 Å². The van der Waals surface area contributed by atoms with Crippen LogP contribution in [0.5, 0.6) is 0 Å². The van der Waals surface area contributed by atoms with Crippen LogP contribution in [0.3, 0.4) is 0 Å². The maximum absolute atomic E-state index is 5.29. The molecule has 0 radical (unpaired) electrons. The quantitative estimate of drug-likeness (QED) is 0.512. The summed E-state index contributed by atoms with van der Waals surface area (Å²) in [5.74, 6) is 0.598. The van der Waals surface area contributed by atoms with Crippen molar-refractivity contribution in [1.82, 2.24) is 15.6 Å². The molecule has 0 saturated heterocycles. The molecule has 0 aliphatic rings. The lowest BCUT2D eigenvalue weighted by Crippen LogP contribution is -2.34. The van der Waals surface area contributed by atoms with Crippen LogP contribution in [0.2, 0.25) is 0 Å². The molecular weight excluding hydrogens is 210 g/mol. The first-order valence-electron chi connectivity index (χ1n) is 4.29. The average molecular weight is 219 g/mol. The molecule has 0 aliphatic heterocycles. The second kappa shape index (κ2) is 4.05. The Balaban J connectivity index is 2.38. The highest BCUT2D eigenvalue weighted by atomic mass is 32.1. The van der Waals surface area contributed by atoms with Crippen LogP contribution in [0.1, 0.15) is 0 Å². The second-order valence-corrected chi connectivity index (χ2v) is 3.33. The van der Waals surface area contributed by atoms with Gasteiger partial charge in [-0.2, -0.15) is 5.10 Å². The minimum absolute atomic E-state index is 0.157. The maximum Gasteiger partial charge on any atom is 0.182 e. The van der Waals surface area contributed by atoms with Crippen LogP contribution >= 0.6 is 12.2 Å². The Labute approximate surface area is 91.7 Å². The SMILES string of the molecule is NC(=S)NNc1nncc2ccccc12. The number of anilines is 1. The highest BCUT2D eigenvalue weighted by Gasteiger charge is 2.01. The highest BCUT2D eigenvalue weighted by Crippen LogP contribution is 2.18. The average Bonchev–Trinajstić information content (AvgIpc) is 2.26. The molecular formula is C9H9N5S. The van der Waals surface area contributed by atoms with Crippen molar-refractivity contribution in [2.45, 2.75) is 0 Å². The number of aromatic nitrogens is 2. The van der Waals surface area contributed by atoms with Crippen molar-refractivity contribution >= 4 is 33.9 Å². The van der Waals surface area contributed by atoms with E-state index < -0.39 is 0 Å². The molecule has 0 spiro atoms. The zero-order chi connectivity index (χ0) is 10.7. The van der Waals surface area contributed by atoms with Crippen molar-refractivity contribution in [3.05, 3.63) is 30.5 Å². The Morgan fingerprint density at radius 2 is 2.13 bits per heavy atom. The smallest absolute Gasteiger partial charge is 0.182 e. The fraction of sp³-hybridized carbons (Fsp3) is 0. The summed E-state index contributed by atoms with van der Waals surface area (Å²) in [6.07, 6.45) is 1.70. The summed E-state index contributed by atoms with van der Waals surface area (Å²) in [5, 5.41) is 9.91. The molecule has 0 atom stereocenters. The number of nitrogens with two attached hydrogens (primary N) is 1. The monoisotopic (exact) mass is 219 g/mol. The molecule has 76 valence electrons. The molecule has 0 unspecified atom stereocenters. The van der Waals surface area contributed by atoms with Gasteiger partial charge in [-0.05, 0) is 12.2 Å². The topological polar surface area (TPSA) is 75.9 Å². The van der Waals surface area contributed by atoms with Crippen molar-refractivity contribution in [1.29, 1.82) is 0 Å². The van der Waals surface area contributed by atoms with E-state index in [4.69, 9.17) is 5.73 Å². The van der Waals surface area contributed by atoms with Gasteiger partial charge in [-0.25, -0.2) is 0 Å². The molecule has 0 fully saturated rings. The standard InChI is InChI=1S/C9H9N5S/c10-9(15)14-13-8-7-4-2-1-3-6(7)5-11-12-8/h1-5H,(H,12,13)(H3,10,14,15). The third-order valence-electron chi connectivity index (χ3n) is 1.87. The molecule has 4 N–H and O–H groups in total. The van der Waals surface area contributed by atoms with E-state index >= 15 is 0 Å². The van der Waals surface area contributed by atoms with E-state index in [0.717, 1.165) is 10.8 Å². The molecule has 0 amide bonds. The first-order chi connectivity index (χ1) is 7.27. The van der Waals surface area contributed by atoms with E-state index in [1.165, 1.54) is 0 Å². The molecule has 2 rings (SSSR count). The number of nitrogens with zero attached hydrogens (tertiary/aromatic N) is 2. The maximum atomic E-state index is 5.29. The number of thiocarbonyl (C=S) groups is 1. The van der Waals surface area contributed by atoms with Crippen LogP contribution in [0, 0.1) is 0 Å². The van der Waals surface area contributed by atoms with Crippen molar-refractivity contribution in [3.63, 3.8) is 0 Å². The third-order valence-corrected chi connectivity index (χ3v) is 1.98. The van der Waals surface area contributed by atoms with Crippen molar-refractivity contribution < 1.29 is 0 Å². The van der Waals surface area contributed by atoms with Crippen LogP contribution in [0.25, 0.3) is 10.8 Å². The lowest BCUT2D eigenvalue weighted by atomic mass is 10.2. The van der Waals surface area contributed by atoms with Gasteiger partial charge in [-0.15, -0.1) is 5.10 Å². The number of hydrazine groups is 1. The Bertz CT molecular complexity index is 493. The summed E-state index contributed by atoms with van der Waals surface area (Å²) in [5.41, 5.74) is 10.7. The Morgan fingerprint density at radius 3 is 2.93 bits per heavy atom. The molecule has 6 heteroatoms. The fourth-order valence-electron chi connectivity index (χ4n) is 1.24. The third kappa shape index (κ3) is 2.10. The van der Waals surface area contributed by atoms with Crippen LogP contribution in [-0.4, -0.2) is 15.3 Å². The molecule has 1 aromatic carbocycles. The van der Waals surface area contributed by atoms with E-state index in [1.54, 1.807) is 6.20 Å². The van der Waals surface area contributed by atoms with Crippen molar-refractivity contribution in [2.75, 3.05) is 5.43 Å². The fourth-order valence-corrected chi connectivity index (χ4v) is 1.29. The van der Waals surface area contributed by atoms with E-state index in [2.05, 4.69) is 33.3 Å². The van der Waals surface area contributed by atoms with Gasteiger partial charge in [-0.3, -0.25) is 10.9 Å². The van der Waals surface area contributed by atoms with Gasteiger partial charge in [0.25, 0.3) is 0 Å². The van der Waals surface area contributed by atoms with Crippen LogP contribution in [0.4, 0.5) is 5.82 Å². The predicted molar refractivity (Wildman–Crippen MR) is 63.1 cm³/mol. The number of hydrogen-bond donors (Lipinski definition) is 3. The molecule has 0 bridgehead atoms. The molecule has 0 saturated carbocycles. The van der Waals surface area contributed by atoms with Crippen LogP contribution in [0.15, 0.2) is 30.5 Å². The molecule has 2 aromatic rings. The summed E-state index contributed by atoms with van der Waals surface area (Å²) < 4.78 is 0. The van der Waals surface area contributed by atoms with Crippen molar-refractivity contribution in [2.24, 2.45) is 5.73 Å². The normalized spacial score (nSPS) is 9.87. The summed E-state index contributed by atoms with van der Waals surface area (Å²) in [6.45, 7) is 0. The number of benzene rings is 1. The van der Waals surface area contributed by atoms with Crippen LogP contribution in [-0.2, 0) is 0 Å². The predicted octanol–water partition coefficient (Wildman–Crippen LogP) is 0.790. The van der Waals surface area contributed by atoms with Gasteiger partial charge in [0, 0.05) is 10.8 Å². The minimum atomic E-state index is 0.157. The number of rotatable bonds is 2. The molecule has 1 heterocycles. The molecule has 15 heavy (non-hydrogen) atoms. The summed E-state index contributed by atoms with van der Waals surface area (Å²) >= 11 is 4.67. The Hall–Kier alpha value is -1.95. The Morgan fingerprint density at radius 1 is 1.33 bits per heavy atom. The second-order valence-electron chi connectivity index (χ2n) is 2.89. The van der Waals surface area contributed by atoms with E-state index in [0.29, 0.717) is 5.82 Å². The minimum Gasteiger partial charge on any atom is -0.375 e. The Kier molecular flexibility index (Phi) is 2.59. The van der Waals surface area contributed by atoms with Gasteiger partial charge in [0.2, 0.25) is 0 Å². The lowest BCUT2D eigenvalue weighted by molar-refractivity contribution is 1.00. The molecule has 1 aromatic heterocycles. The van der Waals surface area contributed by atoms with Crippen molar-refractivity contribution in [3.8, 4) is 0 Å². The summed E-state index contributed by atoms with van der Waals surface area (Å²) in [7, 11) is 0. The largest absolute Gasteiger partial charge is 0.375 e. The van der Waals surface area contributed by atoms with Gasteiger partial charge in [-0.1, -0.05) is 24.3 Å². The van der Waals surface area contributed by atoms with E-state index in [9.17, 15) is 0 Å². The highest BCUT2D eigenvalue weighted by molar-refractivity contribution is 7.80. The van der Waals surface area contributed by atoms with Gasteiger partial charge in [0.05, 0.1) is 6.20 Å². The zero-order valence-corrected chi connectivity index (χ0v) is 8.58. The van der Waals surface area contributed by atoms with Gasteiger partial charge < -0.3 is 5.73 Å².